The first-order valence-electron chi connectivity index (χ1n) is 8.65. The van der Waals surface area contributed by atoms with Gasteiger partial charge < -0.3 is 10.6 Å². The zero-order chi connectivity index (χ0) is 19.2. The second-order valence-electron chi connectivity index (χ2n) is 6.44. The van der Waals surface area contributed by atoms with Gasteiger partial charge in [0.15, 0.2) is 5.78 Å². The van der Waals surface area contributed by atoms with Gasteiger partial charge in [-0.3, -0.25) is 14.5 Å². The van der Waals surface area contributed by atoms with Crippen LogP contribution in [0.25, 0.3) is 0 Å². The Bertz CT molecular complexity index is 611. The first kappa shape index (κ1) is 20.4. The number of halogens is 3. The molecule has 26 heavy (non-hydrogen) atoms. The van der Waals surface area contributed by atoms with Crippen molar-refractivity contribution >= 4 is 11.7 Å². The molecule has 0 radical (unpaired) electrons. The Hall–Kier alpha value is -1.93. The van der Waals surface area contributed by atoms with Crippen molar-refractivity contribution in [2.75, 3.05) is 32.7 Å². The Balaban J connectivity index is 1.82. The Labute approximate surface area is 150 Å². The Kier molecular flexibility index (Phi) is 7.16. The van der Waals surface area contributed by atoms with Crippen molar-refractivity contribution in [2.45, 2.75) is 32.0 Å². The summed E-state index contributed by atoms with van der Waals surface area (Å²) in [5, 5.41) is 5.33. The lowest BCUT2D eigenvalue weighted by Gasteiger charge is -2.35. The second-order valence-corrected chi connectivity index (χ2v) is 6.44. The number of hydrogen-bond donors (Lipinski definition) is 2. The molecule has 8 heteroatoms. The number of nitrogens with zero attached hydrogens (tertiary/aromatic N) is 1. The van der Waals surface area contributed by atoms with Crippen molar-refractivity contribution < 1.29 is 22.8 Å². The molecule has 1 aromatic rings. The van der Waals surface area contributed by atoms with Crippen molar-refractivity contribution in [3.63, 3.8) is 0 Å². The van der Waals surface area contributed by atoms with E-state index in [1.165, 1.54) is 4.90 Å². The zero-order valence-corrected chi connectivity index (χ0v) is 14.7. The van der Waals surface area contributed by atoms with Crippen molar-refractivity contribution in [3.05, 3.63) is 35.4 Å². The van der Waals surface area contributed by atoms with Gasteiger partial charge in [0, 0.05) is 51.1 Å². The van der Waals surface area contributed by atoms with E-state index in [1.807, 2.05) is 6.92 Å². The quantitative estimate of drug-likeness (QED) is 0.719. The lowest BCUT2D eigenvalue weighted by atomic mass is 10.0. The number of rotatable bonds is 7. The predicted octanol–water partition coefficient (Wildman–Crippen LogP) is 1.91. The van der Waals surface area contributed by atoms with Crippen LogP contribution in [-0.4, -0.2) is 61.5 Å². The zero-order valence-electron chi connectivity index (χ0n) is 14.7. The molecule has 0 aliphatic carbocycles. The maximum absolute atomic E-state index is 13.3. The number of benzene rings is 1. The fourth-order valence-electron chi connectivity index (χ4n) is 2.86. The highest BCUT2D eigenvalue weighted by Gasteiger charge is 2.43. The van der Waals surface area contributed by atoms with Crippen LogP contribution in [0.1, 0.15) is 28.8 Å². The van der Waals surface area contributed by atoms with Crippen LogP contribution in [-0.2, 0) is 4.79 Å². The fourth-order valence-corrected chi connectivity index (χ4v) is 2.86. The van der Waals surface area contributed by atoms with E-state index in [2.05, 4.69) is 10.6 Å². The summed E-state index contributed by atoms with van der Waals surface area (Å²) in [6, 6.07) is 5.25. The Morgan fingerprint density at radius 1 is 1.15 bits per heavy atom. The highest BCUT2D eigenvalue weighted by atomic mass is 19.4. The fraction of sp³-hybridized carbons (Fsp3) is 0.556. The highest BCUT2D eigenvalue weighted by Crippen LogP contribution is 2.24. The third-order valence-corrected chi connectivity index (χ3v) is 4.42. The highest BCUT2D eigenvalue weighted by molar-refractivity contribution is 5.97. The van der Waals surface area contributed by atoms with E-state index in [0.717, 1.165) is 5.56 Å². The van der Waals surface area contributed by atoms with Gasteiger partial charge in [0.05, 0.1) is 0 Å². The average molecular weight is 371 g/mol. The normalized spacial score (nSPS) is 16.9. The van der Waals surface area contributed by atoms with E-state index < -0.39 is 24.7 Å². The number of carbonyl (C=O) groups excluding carboxylic acids is 2. The summed E-state index contributed by atoms with van der Waals surface area (Å²) in [6.45, 7) is 2.95. The van der Waals surface area contributed by atoms with Gasteiger partial charge in [0.25, 0.3) is 0 Å². The smallest absolute Gasteiger partial charge is 0.354 e. The third kappa shape index (κ3) is 6.10. The van der Waals surface area contributed by atoms with Crippen LogP contribution in [0, 0.1) is 6.92 Å². The van der Waals surface area contributed by atoms with Gasteiger partial charge in [-0.2, -0.15) is 13.2 Å². The summed E-state index contributed by atoms with van der Waals surface area (Å²) in [7, 11) is 0. The van der Waals surface area contributed by atoms with Crippen LogP contribution in [0.2, 0.25) is 0 Å². The van der Waals surface area contributed by atoms with Crippen LogP contribution in [0.3, 0.4) is 0 Å². The molecule has 0 saturated carbocycles. The van der Waals surface area contributed by atoms with Crippen LogP contribution < -0.4 is 10.6 Å². The molecule has 5 nitrogen and oxygen atoms in total. The van der Waals surface area contributed by atoms with Crippen LogP contribution in [0.15, 0.2) is 24.3 Å². The lowest BCUT2D eigenvalue weighted by Crippen LogP contribution is -2.57. The molecule has 1 unspecified atom stereocenters. The molecular formula is C18H24F3N3O2. The minimum Gasteiger partial charge on any atom is -0.354 e. The maximum Gasteiger partial charge on any atom is 0.405 e. The van der Waals surface area contributed by atoms with Crippen LogP contribution in [0.4, 0.5) is 13.2 Å². The van der Waals surface area contributed by atoms with Crippen LogP contribution in [0.5, 0.6) is 0 Å². The number of aryl methyl sites for hydroxylation is 1. The number of hydrogen-bond acceptors (Lipinski definition) is 4. The number of ketones is 1. The first-order chi connectivity index (χ1) is 12.3. The number of piperazine rings is 1. The molecule has 1 aromatic carbocycles. The van der Waals surface area contributed by atoms with E-state index in [-0.39, 0.29) is 31.7 Å². The van der Waals surface area contributed by atoms with Gasteiger partial charge in [-0.1, -0.05) is 29.8 Å². The maximum atomic E-state index is 13.3. The number of nitrogens with one attached hydrogen (secondary N) is 2. The number of carbonyl (C=O) groups is 2. The van der Waals surface area contributed by atoms with Gasteiger partial charge >= 0.3 is 6.18 Å². The van der Waals surface area contributed by atoms with Gasteiger partial charge in [0.2, 0.25) is 5.91 Å². The lowest BCUT2D eigenvalue weighted by molar-refractivity contribution is -0.184. The monoisotopic (exact) mass is 371 g/mol. The minimum atomic E-state index is -4.41. The average Bonchev–Trinajstić information content (AvgIpc) is 2.60. The summed E-state index contributed by atoms with van der Waals surface area (Å²) in [4.78, 5) is 25.2. The van der Waals surface area contributed by atoms with E-state index in [9.17, 15) is 22.8 Å². The van der Waals surface area contributed by atoms with E-state index in [0.29, 0.717) is 18.7 Å². The standard InChI is InChI=1S/C18H24F3N3O2/c1-13-2-4-14(5-3-13)15(25)6-7-17(26)23-12-16(18(19,20)21)24-10-8-22-9-11-24/h2-5,16,22H,6-12H2,1H3,(H,23,26). The Morgan fingerprint density at radius 2 is 1.77 bits per heavy atom. The van der Waals surface area contributed by atoms with Crippen molar-refractivity contribution in [3.8, 4) is 0 Å². The molecule has 2 rings (SSSR count). The topological polar surface area (TPSA) is 61.4 Å². The molecule has 0 aromatic heterocycles. The van der Waals surface area contributed by atoms with Crippen LogP contribution >= 0.6 is 0 Å². The van der Waals surface area contributed by atoms with E-state index in [1.54, 1.807) is 24.3 Å². The summed E-state index contributed by atoms with van der Waals surface area (Å²) in [5.41, 5.74) is 1.52. The molecule has 1 atom stereocenters. The van der Waals surface area contributed by atoms with E-state index in [4.69, 9.17) is 0 Å². The van der Waals surface area contributed by atoms with Gasteiger partial charge in [-0.05, 0) is 6.92 Å². The van der Waals surface area contributed by atoms with Gasteiger partial charge in [-0.25, -0.2) is 0 Å². The number of Topliss-reactive ketones (excluding diaryl/α,β-unsaturated/α-hetero) is 1. The molecule has 1 fully saturated rings. The summed E-state index contributed by atoms with van der Waals surface area (Å²) in [6.07, 6.45) is -4.57. The molecule has 0 spiro atoms. The van der Waals surface area contributed by atoms with Gasteiger partial charge in [-0.15, -0.1) is 0 Å². The molecule has 0 bridgehead atoms. The summed E-state index contributed by atoms with van der Waals surface area (Å²) < 4.78 is 39.8. The van der Waals surface area contributed by atoms with Crippen molar-refractivity contribution in [2.24, 2.45) is 0 Å². The molecule has 1 aliphatic heterocycles. The predicted molar refractivity (Wildman–Crippen MR) is 92.0 cm³/mol. The van der Waals surface area contributed by atoms with Crippen molar-refractivity contribution in [1.29, 1.82) is 0 Å². The second kappa shape index (κ2) is 9.14. The molecular weight excluding hydrogens is 347 g/mol. The largest absolute Gasteiger partial charge is 0.405 e. The minimum absolute atomic E-state index is 0.0286. The third-order valence-electron chi connectivity index (χ3n) is 4.42. The van der Waals surface area contributed by atoms with Crippen molar-refractivity contribution in [1.82, 2.24) is 15.5 Å². The number of alkyl halides is 3. The molecule has 1 heterocycles. The molecule has 144 valence electrons. The van der Waals surface area contributed by atoms with E-state index >= 15 is 0 Å². The SMILES string of the molecule is Cc1ccc(C(=O)CCC(=O)NCC(N2CCNCC2)C(F)(F)F)cc1. The summed E-state index contributed by atoms with van der Waals surface area (Å²) in [5.74, 6) is -0.746. The van der Waals surface area contributed by atoms with Gasteiger partial charge in [0.1, 0.15) is 6.04 Å². The Morgan fingerprint density at radius 3 is 2.35 bits per heavy atom. The number of amides is 1. The molecule has 1 saturated heterocycles. The first-order valence-corrected chi connectivity index (χ1v) is 8.65. The summed E-state index contributed by atoms with van der Waals surface area (Å²) >= 11 is 0. The molecule has 1 aliphatic rings. The molecule has 1 amide bonds. The molecule has 2 N–H and O–H groups in total.